The van der Waals surface area contributed by atoms with Gasteiger partial charge in [0, 0.05) is 5.39 Å². The molecule has 1 aliphatic carbocycles. The fourth-order valence-electron chi connectivity index (χ4n) is 5.15. The second-order valence-electron chi connectivity index (χ2n) is 11.0. The van der Waals surface area contributed by atoms with Crippen LogP contribution in [0.4, 0.5) is 0 Å². The first-order valence-electron chi connectivity index (χ1n) is 12.8. The van der Waals surface area contributed by atoms with E-state index in [2.05, 4.69) is 52.8 Å². The van der Waals surface area contributed by atoms with Crippen LogP contribution >= 0.6 is 0 Å². The number of fused-ring (bicyclic) bond motifs is 2. The van der Waals surface area contributed by atoms with Gasteiger partial charge in [-0.2, -0.15) is 0 Å². The fourth-order valence-corrected chi connectivity index (χ4v) is 5.15. The molecule has 0 spiro atoms. The summed E-state index contributed by atoms with van der Waals surface area (Å²) >= 11 is 0. The van der Waals surface area contributed by atoms with Crippen molar-refractivity contribution in [3.8, 4) is 5.75 Å². The lowest BCUT2D eigenvalue weighted by molar-refractivity contribution is 0.0472. The molecular formula is C33H33NO3. The smallest absolute Gasteiger partial charge is 0.339 e. The standard InChI is InChI=1S/C33H33NO3/c1-20-16-24(33(3,4)5)17-21(2)28(20)19-37-32(36)30-26-8-6-7-9-29(26)34-31-23(12-15-27(30)31)18-22-10-13-25(35)14-11-22/h6-11,13-14,16-18,35H,12,15,19H2,1-5H3. The summed E-state index contributed by atoms with van der Waals surface area (Å²) in [5.74, 6) is -0.0685. The highest BCUT2D eigenvalue weighted by molar-refractivity contribution is 6.07. The van der Waals surface area contributed by atoms with Gasteiger partial charge in [0.05, 0.1) is 16.8 Å². The number of carbonyl (C=O) groups is 1. The third-order valence-corrected chi connectivity index (χ3v) is 7.29. The Hall–Kier alpha value is -3.92. The van der Waals surface area contributed by atoms with Crippen molar-refractivity contribution in [2.45, 2.75) is 59.5 Å². The average Bonchev–Trinajstić information content (AvgIpc) is 3.24. The van der Waals surface area contributed by atoms with Crippen LogP contribution in [0, 0.1) is 13.8 Å². The van der Waals surface area contributed by atoms with Crippen LogP contribution in [-0.2, 0) is 23.2 Å². The van der Waals surface area contributed by atoms with Crippen LogP contribution in [0.3, 0.4) is 0 Å². The van der Waals surface area contributed by atoms with E-state index in [9.17, 15) is 9.90 Å². The number of aryl methyl sites for hydroxylation is 2. The second kappa shape index (κ2) is 9.51. The number of esters is 1. The zero-order valence-electron chi connectivity index (χ0n) is 22.2. The number of carbonyl (C=O) groups excluding carboxylic acids is 1. The topological polar surface area (TPSA) is 59.4 Å². The number of allylic oxidation sites excluding steroid dienone is 1. The van der Waals surface area contributed by atoms with Gasteiger partial charge in [-0.1, -0.05) is 63.2 Å². The summed E-state index contributed by atoms with van der Waals surface area (Å²) in [6.07, 6.45) is 3.62. The van der Waals surface area contributed by atoms with Crippen molar-refractivity contribution < 1.29 is 14.6 Å². The number of aromatic hydroxyl groups is 1. The summed E-state index contributed by atoms with van der Waals surface area (Å²) in [6, 6.07) is 19.3. The SMILES string of the molecule is Cc1cc(C(C)(C)C)cc(C)c1COC(=O)c1c2c(nc3ccccc13)C(=Cc1ccc(O)cc1)CC2. The van der Waals surface area contributed by atoms with Crippen LogP contribution in [0.25, 0.3) is 22.6 Å². The molecule has 1 aliphatic rings. The van der Waals surface area contributed by atoms with E-state index in [1.807, 2.05) is 36.4 Å². The summed E-state index contributed by atoms with van der Waals surface area (Å²) in [7, 11) is 0. The number of phenols is 1. The minimum Gasteiger partial charge on any atom is -0.508 e. The Bertz CT molecular complexity index is 1520. The third kappa shape index (κ3) is 4.89. The van der Waals surface area contributed by atoms with Crippen LogP contribution in [0.5, 0.6) is 5.75 Å². The first-order chi connectivity index (χ1) is 17.6. The monoisotopic (exact) mass is 491 g/mol. The molecule has 3 aromatic carbocycles. The van der Waals surface area contributed by atoms with Crippen LogP contribution in [0.2, 0.25) is 0 Å². The number of pyridine rings is 1. The van der Waals surface area contributed by atoms with Crippen molar-refractivity contribution in [3.63, 3.8) is 0 Å². The van der Waals surface area contributed by atoms with E-state index in [-0.39, 0.29) is 23.7 Å². The molecule has 0 amide bonds. The molecule has 0 bridgehead atoms. The predicted octanol–water partition coefficient (Wildman–Crippen LogP) is 7.70. The maximum Gasteiger partial charge on any atom is 0.339 e. The minimum atomic E-state index is -0.306. The van der Waals surface area contributed by atoms with E-state index >= 15 is 0 Å². The van der Waals surface area contributed by atoms with Crippen molar-refractivity contribution in [3.05, 3.63) is 105 Å². The van der Waals surface area contributed by atoms with Gasteiger partial charge in [-0.05, 0) is 95.3 Å². The Morgan fingerprint density at radius 2 is 1.68 bits per heavy atom. The lowest BCUT2D eigenvalue weighted by Crippen LogP contribution is -2.14. The number of phenolic OH excluding ortho intramolecular Hbond substituents is 1. The quantitative estimate of drug-likeness (QED) is 0.297. The van der Waals surface area contributed by atoms with Gasteiger partial charge in [-0.25, -0.2) is 9.78 Å². The molecule has 0 unspecified atom stereocenters. The van der Waals surface area contributed by atoms with Crippen LogP contribution in [0.1, 0.15) is 76.6 Å². The number of benzene rings is 3. The van der Waals surface area contributed by atoms with Gasteiger partial charge in [0.25, 0.3) is 0 Å². The van der Waals surface area contributed by atoms with Crippen molar-refractivity contribution >= 4 is 28.5 Å². The summed E-state index contributed by atoms with van der Waals surface area (Å²) < 4.78 is 5.99. The molecule has 1 aromatic heterocycles. The van der Waals surface area contributed by atoms with E-state index in [0.29, 0.717) is 5.56 Å². The number of hydrogen-bond donors (Lipinski definition) is 1. The highest BCUT2D eigenvalue weighted by Gasteiger charge is 2.28. The molecule has 5 rings (SSSR count). The Labute approximate surface area is 218 Å². The maximum atomic E-state index is 13.6. The number of rotatable bonds is 4. The van der Waals surface area contributed by atoms with Crippen LogP contribution in [-0.4, -0.2) is 16.1 Å². The molecule has 4 heteroatoms. The van der Waals surface area contributed by atoms with E-state index in [1.165, 1.54) is 5.56 Å². The number of para-hydroxylation sites is 1. The fraction of sp³-hybridized carbons (Fsp3) is 0.273. The van der Waals surface area contributed by atoms with Gasteiger partial charge >= 0.3 is 5.97 Å². The Morgan fingerprint density at radius 1 is 1.00 bits per heavy atom. The van der Waals surface area contributed by atoms with Gasteiger partial charge in [0.15, 0.2) is 0 Å². The molecule has 0 aliphatic heterocycles. The van der Waals surface area contributed by atoms with Crippen molar-refractivity contribution in [1.82, 2.24) is 4.98 Å². The molecule has 0 saturated heterocycles. The third-order valence-electron chi connectivity index (χ3n) is 7.29. The number of aromatic nitrogens is 1. The number of ether oxygens (including phenoxy) is 1. The molecule has 37 heavy (non-hydrogen) atoms. The van der Waals surface area contributed by atoms with E-state index in [0.717, 1.165) is 62.8 Å². The van der Waals surface area contributed by atoms with Crippen molar-refractivity contribution in [2.24, 2.45) is 0 Å². The highest BCUT2D eigenvalue weighted by atomic mass is 16.5. The van der Waals surface area contributed by atoms with E-state index in [1.54, 1.807) is 12.1 Å². The Balaban J connectivity index is 1.50. The largest absolute Gasteiger partial charge is 0.508 e. The van der Waals surface area contributed by atoms with Gasteiger partial charge in [0.1, 0.15) is 12.4 Å². The van der Waals surface area contributed by atoms with E-state index in [4.69, 9.17) is 9.72 Å². The van der Waals surface area contributed by atoms with Crippen LogP contribution < -0.4 is 0 Å². The molecule has 1 heterocycles. The lowest BCUT2D eigenvalue weighted by atomic mass is 9.84. The van der Waals surface area contributed by atoms with E-state index < -0.39 is 0 Å². The van der Waals surface area contributed by atoms with Crippen molar-refractivity contribution in [2.75, 3.05) is 0 Å². The van der Waals surface area contributed by atoms with Crippen molar-refractivity contribution in [1.29, 1.82) is 0 Å². The van der Waals surface area contributed by atoms with Gasteiger partial charge in [-0.3, -0.25) is 0 Å². The zero-order valence-corrected chi connectivity index (χ0v) is 22.2. The number of hydrogen-bond acceptors (Lipinski definition) is 4. The van der Waals surface area contributed by atoms with Gasteiger partial charge in [-0.15, -0.1) is 0 Å². The molecule has 1 N–H and O–H groups in total. The van der Waals surface area contributed by atoms with Gasteiger partial charge < -0.3 is 9.84 Å². The molecule has 4 aromatic rings. The summed E-state index contributed by atoms with van der Waals surface area (Å²) in [5, 5.41) is 10.5. The van der Waals surface area contributed by atoms with Crippen LogP contribution in [0.15, 0.2) is 60.7 Å². The Kier molecular flexibility index (Phi) is 6.36. The molecule has 4 nitrogen and oxygen atoms in total. The predicted molar refractivity (Wildman–Crippen MR) is 150 cm³/mol. The first kappa shape index (κ1) is 24.8. The lowest BCUT2D eigenvalue weighted by Gasteiger charge is -2.22. The number of nitrogens with zero attached hydrogens (tertiary/aromatic N) is 1. The second-order valence-corrected chi connectivity index (χ2v) is 11.0. The normalized spacial score (nSPS) is 14.2. The summed E-state index contributed by atoms with van der Waals surface area (Å²) in [6.45, 7) is 11.0. The molecule has 188 valence electrons. The molecule has 0 atom stereocenters. The Morgan fingerprint density at radius 3 is 2.35 bits per heavy atom. The minimum absolute atomic E-state index is 0.0621. The molecule has 0 radical (unpaired) electrons. The summed E-state index contributed by atoms with van der Waals surface area (Å²) in [4.78, 5) is 18.6. The zero-order chi connectivity index (χ0) is 26.3. The first-order valence-corrected chi connectivity index (χ1v) is 12.8. The maximum absolute atomic E-state index is 13.6. The summed E-state index contributed by atoms with van der Waals surface area (Å²) in [5.41, 5.74) is 9.98. The molecular weight excluding hydrogens is 458 g/mol. The average molecular weight is 492 g/mol. The molecule has 0 fully saturated rings. The highest BCUT2D eigenvalue weighted by Crippen LogP contribution is 2.38. The van der Waals surface area contributed by atoms with Gasteiger partial charge in [0.2, 0.25) is 0 Å². The molecule has 0 saturated carbocycles.